The van der Waals surface area contributed by atoms with E-state index in [4.69, 9.17) is 4.74 Å². The largest absolute Gasteiger partial charge is 0.347 e. The highest BCUT2D eigenvalue weighted by Gasteiger charge is 2.16. The molecule has 0 aromatic carbocycles. The lowest BCUT2D eigenvalue weighted by Crippen LogP contribution is -2.44. The van der Waals surface area contributed by atoms with Gasteiger partial charge in [0.1, 0.15) is 0 Å². The quantitative estimate of drug-likeness (QED) is 0.583. The van der Waals surface area contributed by atoms with Crippen molar-refractivity contribution in [2.24, 2.45) is 0 Å². The predicted octanol–water partition coefficient (Wildman–Crippen LogP) is 1.21. The average Bonchev–Trinajstić information content (AvgIpc) is 1.98. The van der Waals surface area contributed by atoms with Crippen molar-refractivity contribution in [2.75, 3.05) is 28.2 Å². The van der Waals surface area contributed by atoms with Gasteiger partial charge < -0.3 is 4.74 Å². The lowest BCUT2D eigenvalue weighted by atomic mass is 10.3. The molecule has 0 spiro atoms. The molecule has 0 rings (SSSR count). The van der Waals surface area contributed by atoms with Crippen molar-refractivity contribution in [3.05, 3.63) is 0 Å². The molecule has 0 bridgehead atoms. The number of ether oxygens (including phenoxy) is 1. The standard InChI is InChI=1S/C9H22N2O/c1-7-8(2)12-9(10(3)4)11(5)6/h8-9H,7H2,1-6H3. The molecule has 3 heteroatoms. The maximum atomic E-state index is 5.77. The summed E-state index contributed by atoms with van der Waals surface area (Å²) in [5, 5.41) is 0. The molecule has 3 nitrogen and oxygen atoms in total. The van der Waals surface area contributed by atoms with E-state index in [-0.39, 0.29) is 6.35 Å². The Morgan fingerprint density at radius 2 is 1.50 bits per heavy atom. The van der Waals surface area contributed by atoms with E-state index in [2.05, 4.69) is 23.6 Å². The van der Waals surface area contributed by atoms with Gasteiger partial charge in [-0.15, -0.1) is 0 Å². The highest BCUT2D eigenvalue weighted by atomic mass is 16.5. The SMILES string of the molecule is CCC(C)OC(N(C)C)N(C)C. The van der Waals surface area contributed by atoms with E-state index in [1.807, 2.05) is 28.2 Å². The third-order valence-corrected chi connectivity index (χ3v) is 1.81. The first kappa shape index (κ1) is 11.9. The van der Waals surface area contributed by atoms with Crippen molar-refractivity contribution >= 4 is 0 Å². The third-order valence-electron chi connectivity index (χ3n) is 1.81. The molecule has 12 heavy (non-hydrogen) atoms. The van der Waals surface area contributed by atoms with Gasteiger partial charge >= 0.3 is 0 Å². The summed E-state index contributed by atoms with van der Waals surface area (Å²) in [6.07, 6.45) is 1.46. The highest BCUT2D eigenvalue weighted by molar-refractivity contribution is 4.54. The van der Waals surface area contributed by atoms with Crippen LogP contribution in [-0.2, 0) is 4.74 Å². The molecule has 0 saturated heterocycles. The zero-order valence-corrected chi connectivity index (χ0v) is 9.16. The Morgan fingerprint density at radius 3 is 1.75 bits per heavy atom. The van der Waals surface area contributed by atoms with Gasteiger partial charge in [0.25, 0.3) is 0 Å². The molecular formula is C9H22N2O. The minimum absolute atomic E-state index is 0.0833. The minimum atomic E-state index is 0.0833. The fourth-order valence-corrected chi connectivity index (χ4v) is 1.01. The Morgan fingerprint density at radius 1 is 1.08 bits per heavy atom. The molecule has 0 heterocycles. The zero-order valence-electron chi connectivity index (χ0n) is 9.16. The third kappa shape index (κ3) is 4.04. The van der Waals surface area contributed by atoms with E-state index in [0.29, 0.717) is 6.10 Å². The maximum Gasteiger partial charge on any atom is 0.167 e. The molecule has 0 fully saturated rings. The molecule has 0 aromatic heterocycles. The maximum absolute atomic E-state index is 5.77. The molecule has 0 radical (unpaired) electrons. The normalized spacial score (nSPS) is 14.8. The van der Waals surface area contributed by atoms with Gasteiger partial charge in [-0.1, -0.05) is 6.92 Å². The lowest BCUT2D eigenvalue weighted by molar-refractivity contribution is -0.147. The van der Waals surface area contributed by atoms with Gasteiger partial charge in [0.05, 0.1) is 6.10 Å². The summed E-state index contributed by atoms with van der Waals surface area (Å²) in [5.41, 5.74) is 0. The van der Waals surface area contributed by atoms with Crippen LogP contribution in [0.1, 0.15) is 20.3 Å². The monoisotopic (exact) mass is 174 g/mol. The van der Waals surface area contributed by atoms with Crippen LogP contribution < -0.4 is 0 Å². The van der Waals surface area contributed by atoms with Gasteiger partial charge in [0, 0.05) is 0 Å². The summed E-state index contributed by atoms with van der Waals surface area (Å²) in [4.78, 5) is 4.12. The summed E-state index contributed by atoms with van der Waals surface area (Å²) < 4.78 is 5.77. The Balaban J connectivity index is 3.95. The second-order valence-corrected chi connectivity index (χ2v) is 3.61. The lowest BCUT2D eigenvalue weighted by Gasteiger charge is -2.32. The zero-order chi connectivity index (χ0) is 9.72. The first-order chi connectivity index (χ1) is 5.49. The number of rotatable bonds is 5. The summed E-state index contributed by atoms with van der Waals surface area (Å²) in [5.74, 6) is 0. The second-order valence-electron chi connectivity index (χ2n) is 3.61. The van der Waals surface area contributed by atoms with Crippen molar-refractivity contribution in [2.45, 2.75) is 32.7 Å². The average molecular weight is 174 g/mol. The van der Waals surface area contributed by atoms with Crippen LogP contribution in [0, 0.1) is 0 Å². The highest BCUT2D eigenvalue weighted by Crippen LogP contribution is 2.05. The van der Waals surface area contributed by atoms with Crippen LogP contribution in [0.5, 0.6) is 0 Å². The van der Waals surface area contributed by atoms with Crippen molar-refractivity contribution < 1.29 is 4.74 Å². The van der Waals surface area contributed by atoms with Gasteiger partial charge in [-0.2, -0.15) is 0 Å². The molecule has 0 aliphatic heterocycles. The van der Waals surface area contributed by atoms with E-state index < -0.39 is 0 Å². The predicted molar refractivity (Wildman–Crippen MR) is 52.0 cm³/mol. The van der Waals surface area contributed by atoms with Crippen LogP contribution in [0.25, 0.3) is 0 Å². The van der Waals surface area contributed by atoms with Gasteiger partial charge in [-0.05, 0) is 41.5 Å². The van der Waals surface area contributed by atoms with E-state index in [1.165, 1.54) is 0 Å². The topological polar surface area (TPSA) is 15.7 Å². The molecule has 1 atom stereocenters. The molecule has 0 saturated carbocycles. The van der Waals surface area contributed by atoms with Crippen LogP contribution in [0.15, 0.2) is 0 Å². The van der Waals surface area contributed by atoms with E-state index >= 15 is 0 Å². The summed E-state index contributed by atoms with van der Waals surface area (Å²) in [7, 11) is 8.08. The van der Waals surface area contributed by atoms with Gasteiger partial charge in [-0.3, -0.25) is 9.80 Å². The number of hydrogen-bond donors (Lipinski definition) is 0. The summed E-state index contributed by atoms with van der Waals surface area (Å²) in [6, 6.07) is 0. The van der Waals surface area contributed by atoms with Crippen molar-refractivity contribution in [3.8, 4) is 0 Å². The molecule has 1 unspecified atom stereocenters. The van der Waals surface area contributed by atoms with Gasteiger partial charge in [-0.25, -0.2) is 0 Å². The second kappa shape index (κ2) is 5.51. The van der Waals surface area contributed by atoms with Crippen molar-refractivity contribution in [1.82, 2.24) is 9.80 Å². The molecule has 0 amide bonds. The Hall–Kier alpha value is -0.120. The number of hydrogen-bond acceptors (Lipinski definition) is 3. The van der Waals surface area contributed by atoms with Crippen molar-refractivity contribution in [3.63, 3.8) is 0 Å². The molecule has 0 aromatic rings. The summed E-state index contributed by atoms with van der Waals surface area (Å²) >= 11 is 0. The Bertz CT molecular complexity index is 107. The van der Waals surface area contributed by atoms with Crippen molar-refractivity contribution in [1.29, 1.82) is 0 Å². The Labute approximate surface area is 76.3 Å². The fraction of sp³-hybridized carbons (Fsp3) is 1.00. The van der Waals surface area contributed by atoms with Crippen LogP contribution in [0.3, 0.4) is 0 Å². The van der Waals surface area contributed by atoms with Crippen LogP contribution in [0.4, 0.5) is 0 Å². The Kier molecular flexibility index (Phi) is 5.46. The van der Waals surface area contributed by atoms with Gasteiger partial charge in [0.2, 0.25) is 0 Å². The van der Waals surface area contributed by atoms with Crippen LogP contribution >= 0.6 is 0 Å². The molecule has 0 aliphatic rings. The number of nitrogens with zero attached hydrogens (tertiary/aromatic N) is 2. The first-order valence-electron chi connectivity index (χ1n) is 4.47. The van der Waals surface area contributed by atoms with Crippen LogP contribution in [-0.4, -0.2) is 50.4 Å². The fourth-order valence-electron chi connectivity index (χ4n) is 1.01. The summed E-state index contributed by atoms with van der Waals surface area (Å²) in [6.45, 7) is 4.23. The smallest absolute Gasteiger partial charge is 0.167 e. The molecule has 74 valence electrons. The minimum Gasteiger partial charge on any atom is -0.347 e. The molecule has 0 N–H and O–H groups in total. The van der Waals surface area contributed by atoms with E-state index in [0.717, 1.165) is 6.42 Å². The van der Waals surface area contributed by atoms with E-state index in [9.17, 15) is 0 Å². The van der Waals surface area contributed by atoms with E-state index in [1.54, 1.807) is 0 Å². The van der Waals surface area contributed by atoms with Crippen LogP contribution in [0.2, 0.25) is 0 Å². The van der Waals surface area contributed by atoms with Gasteiger partial charge in [0.15, 0.2) is 6.35 Å². The first-order valence-corrected chi connectivity index (χ1v) is 4.47. The molecule has 0 aliphatic carbocycles. The molecular weight excluding hydrogens is 152 g/mol.